The monoisotopic (exact) mass is 373 g/mol. The highest BCUT2D eigenvalue weighted by Crippen LogP contribution is 2.25. The largest absolute Gasteiger partial charge is 0.351 e. The predicted molar refractivity (Wildman–Crippen MR) is 97.4 cm³/mol. The van der Waals surface area contributed by atoms with Crippen molar-refractivity contribution in [1.82, 2.24) is 10.0 Å². The number of fused-ring (bicyclic) bond motifs is 1. The molecule has 136 valence electrons. The molecule has 0 saturated heterocycles. The molecule has 1 aliphatic heterocycles. The number of nitrogens with one attached hydrogen (secondary N) is 3. The Morgan fingerprint density at radius 3 is 2.58 bits per heavy atom. The second-order valence-electron chi connectivity index (χ2n) is 5.89. The molecule has 0 fully saturated rings. The first-order chi connectivity index (χ1) is 12.5. The third kappa shape index (κ3) is 4.27. The highest BCUT2D eigenvalue weighted by Gasteiger charge is 2.19. The summed E-state index contributed by atoms with van der Waals surface area (Å²) >= 11 is 0. The third-order valence-corrected chi connectivity index (χ3v) is 5.48. The van der Waals surface area contributed by atoms with Gasteiger partial charge in [0.2, 0.25) is 15.9 Å². The molecule has 0 aliphatic carbocycles. The third-order valence-electron chi connectivity index (χ3n) is 4.02. The van der Waals surface area contributed by atoms with E-state index in [0.717, 1.165) is 5.56 Å². The minimum Gasteiger partial charge on any atom is -0.351 e. The first kappa shape index (κ1) is 18.1. The van der Waals surface area contributed by atoms with Crippen LogP contribution in [0.25, 0.3) is 0 Å². The van der Waals surface area contributed by atoms with Crippen LogP contribution in [0.1, 0.15) is 22.3 Å². The molecule has 0 radical (unpaired) electrons. The number of carbonyl (C=O) groups is 2. The summed E-state index contributed by atoms with van der Waals surface area (Å²) in [5.41, 5.74) is 1.97. The van der Waals surface area contributed by atoms with Gasteiger partial charge in [-0.3, -0.25) is 9.59 Å². The van der Waals surface area contributed by atoms with Gasteiger partial charge in [0.1, 0.15) is 0 Å². The second kappa shape index (κ2) is 7.67. The van der Waals surface area contributed by atoms with Crippen molar-refractivity contribution in [2.24, 2.45) is 0 Å². The number of anilines is 1. The highest BCUT2D eigenvalue weighted by atomic mass is 32.2. The number of hydrogen-bond donors (Lipinski definition) is 3. The topological polar surface area (TPSA) is 104 Å². The summed E-state index contributed by atoms with van der Waals surface area (Å²) in [7, 11) is -3.68. The van der Waals surface area contributed by atoms with Crippen LogP contribution >= 0.6 is 0 Å². The summed E-state index contributed by atoms with van der Waals surface area (Å²) in [6, 6.07) is 13.3. The van der Waals surface area contributed by atoms with Crippen LogP contribution in [0.4, 0.5) is 5.69 Å². The molecule has 1 heterocycles. The maximum absolute atomic E-state index is 12.4. The predicted octanol–water partition coefficient (Wildman–Crippen LogP) is 1.28. The van der Waals surface area contributed by atoms with E-state index in [1.165, 1.54) is 6.07 Å². The van der Waals surface area contributed by atoms with Crippen LogP contribution in [-0.2, 0) is 21.2 Å². The molecule has 0 unspecified atom stereocenters. The maximum atomic E-state index is 12.4. The number of benzene rings is 2. The molecule has 3 N–H and O–H groups in total. The quantitative estimate of drug-likeness (QED) is 0.664. The molecule has 8 heteroatoms. The van der Waals surface area contributed by atoms with Gasteiger partial charge in [-0.25, -0.2) is 13.1 Å². The Morgan fingerprint density at radius 2 is 1.81 bits per heavy atom. The van der Waals surface area contributed by atoms with Crippen LogP contribution in [0.5, 0.6) is 0 Å². The molecule has 2 aromatic carbocycles. The van der Waals surface area contributed by atoms with Gasteiger partial charge in [-0.05, 0) is 42.3 Å². The number of carbonyl (C=O) groups excluding carboxylic acids is 2. The van der Waals surface area contributed by atoms with E-state index < -0.39 is 10.0 Å². The van der Waals surface area contributed by atoms with Crippen LogP contribution in [0.2, 0.25) is 0 Å². The van der Waals surface area contributed by atoms with Crippen LogP contribution in [0, 0.1) is 0 Å². The SMILES string of the molecule is O=C1CCc2cc(S(=O)(=O)NCCNC(=O)c3ccccc3)ccc2N1. The standard InChI is InChI=1S/C18H19N3O4S/c22-17-9-6-14-12-15(7-8-16(14)21-17)26(24,25)20-11-10-19-18(23)13-4-2-1-3-5-13/h1-5,7-8,12,20H,6,9-11H2,(H,19,23)(H,21,22). The zero-order valence-electron chi connectivity index (χ0n) is 14.0. The number of amides is 2. The van der Waals surface area contributed by atoms with Crippen molar-refractivity contribution in [3.8, 4) is 0 Å². The Bertz CT molecular complexity index is 927. The van der Waals surface area contributed by atoms with Crippen LogP contribution in [0.15, 0.2) is 53.4 Å². The van der Waals surface area contributed by atoms with Crippen molar-refractivity contribution in [3.05, 3.63) is 59.7 Å². The number of sulfonamides is 1. The fourth-order valence-corrected chi connectivity index (χ4v) is 3.75. The Labute approximate surface area is 151 Å². The summed E-state index contributed by atoms with van der Waals surface area (Å²) < 4.78 is 27.2. The molecule has 2 aromatic rings. The second-order valence-corrected chi connectivity index (χ2v) is 7.65. The van der Waals surface area contributed by atoms with Gasteiger partial charge in [0.25, 0.3) is 5.91 Å². The first-order valence-corrected chi connectivity index (χ1v) is 9.70. The zero-order valence-corrected chi connectivity index (χ0v) is 14.8. The van der Waals surface area contributed by atoms with Crippen molar-refractivity contribution < 1.29 is 18.0 Å². The molecule has 0 aromatic heterocycles. The Morgan fingerprint density at radius 1 is 1.04 bits per heavy atom. The normalized spacial score (nSPS) is 13.6. The Balaban J connectivity index is 1.56. The van der Waals surface area contributed by atoms with Crippen molar-refractivity contribution in [3.63, 3.8) is 0 Å². The van der Waals surface area contributed by atoms with Gasteiger partial charge in [0, 0.05) is 30.8 Å². The molecule has 2 amide bonds. The molecule has 0 bridgehead atoms. The van der Waals surface area contributed by atoms with Gasteiger partial charge in [-0.1, -0.05) is 18.2 Å². The van der Waals surface area contributed by atoms with E-state index in [4.69, 9.17) is 0 Å². The van der Waals surface area contributed by atoms with Crippen molar-refractivity contribution >= 4 is 27.5 Å². The van der Waals surface area contributed by atoms with Gasteiger partial charge >= 0.3 is 0 Å². The van der Waals surface area contributed by atoms with Gasteiger partial charge in [0.15, 0.2) is 0 Å². The van der Waals surface area contributed by atoms with Crippen molar-refractivity contribution in [2.45, 2.75) is 17.7 Å². The van der Waals surface area contributed by atoms with E-state index in [1.54, 1.807) is 36.4 Å². The zero-order chi connectivity index (χ0) is 18.6. The Hall–Kier alpha value is -2.71. The molecule has 7 nitrogen and oxygen atoms in total. The summed E-state index contributed by atoms with van der Waals surface area (Å²) in [5, 5.41) is 5.38. The molecular formula is C18H19N3O4S. The number of hydrogen-bond acceptors (Lipinski definition) is 4. The maximum Gasteiger partial charge on any atom is 0.251 e. The fourth-order valence-electron chi connectivity index (χ4n) is 2.66. The summed E-state index contributed by atoms with van der Waals surface area (Å²) in [6.07, 6.45) is 0.854. The van der Waals surface area contributed by atoms with Gasteiger partial charge in [-0.15, -0.1) is 0 Å². The molecule has 0 atom stereocenters. The summed E-state index contributed by atoms with van der Waals surface area (Å²) in [5.74, 6) is -0.324. The molecule has 0 spiro atoms. The van der Waals surface area contributed by atoms with E-state index >= 15 is 0 Å². The van der Waals surface area contributed by atoms with Gasteiger partial charge in [-0.2, -0.15) is 0 Å². The lowest BCUT2D eigenvalue weighted by Crippen LogP contribution is -2.34. The first-order valence-electron chi connectivity index (χ1n) is 8.21. The van der Waals surface area contributed by atoms with Crippen LogP contribution in [-0.4, -0.2) is 33.3 Å². The van der Waals surface area contributed by atoms with E-state index in [1.807, 2.05) is 6.07 Å². The molecular weight excluding hydrogens is 354 g/mol. The lowest BCUT2D eigenvalue weighted by Gasteiger charge is -2.17. The number of aryl methyl sites for hydroxylation is 1. The average molecular weight is 373 g/mol. The van der Waals surface area contributed by atoms with Gasteiger partial charge in [0.05, 0.1) is 4.90 Å². The van der Waals surface area contributed by atoms with E-state index in [2.05, 4.69) is 15.4 Å². The smallest absolute Gasteiger partial charge is 0.251 e. The van der Waals surface area contributed by atoms with Gasteiger partial charge < -0.3 is 10.6 Å². The minimum atomic E-state index is -3.68. The summed E-state index contributed by atoms with van der Waals surface area (Å²) in [4.78, 5) is 23.4. The lowest BCUT2D eigenvalue weighted by atomic mass is 10.0. The fraction of sp³-hybridized carbons (Fsp3) is 0.222. The van der Waals surface area contributed by atoms with E-state index in [9.17, 15) is 18.0 Å². The Kier molecular flexibility index (Phi) is 5.34. The van der Waals surface area contributed by atoms with Crippen molar-refractivity contribution in [2.75, 3.05) is 18.4 Å². The molecule has 3 rings (SSSR count). The highest BCUT2D eigenvalue weighted by molar-refractivity contribution is 7.89. The van der Waals surface area contributed by atoms with Crippen molar-refractivity contribution in [1.29, 1.82) is 0 Å². The molecule has 1 aliphatic rings. The van der Waals surface area contributed by atoms with Crippen LogP contribution < -0.4 is 15.4 Å². The average Bonchev–Trinajstić information content (AvgIpc) is 2.65. The minimum absolute atomic E-state index is 0.0691. The van der Waals surface area contributed by atoms with E-state index in [0.29, 0.717) is 24.1 Å². The number of rotatable bonds is 6. The van der Waals surface area contributed by atoms with E-state index in [-0.39, 0.29) is 29.8 Å². The molecule has 0 saturated carbocycles. The summed E-state index contributed by atoms with van der Waals surface area (Å²) in [6.45, 7) is 0.253. The molecule has 26 heavy (non-hydrogen) atoms. The lowest BCUT2D eigenvalue weighted by molar-refractivity contribution is -0.116. The van der Waals surface area contributed by atoms with Crippen LogP contribution in [0.3, 0.4) is 0 Å².